The highest BCUT2D eigenvalue weighted by molar-refractivity contribution is 5.92. The molecule has 5 rings (SSSR count). The number of hydrogen-bond donors (Lipinski definition) is 1. The number of carboxylic acid groups (broad SMARTS) is 1. The average molecular weight is 456 g/mol. The van der Waals surface area contributed by atoms with Crippen LogP contribution in [0, 0.1) is 11.3 Å². The van der Waals surface area contributed by atoms with Crippen LogP contribution in [0.2, 0.25) is 0 Å². The molecule has 34 heavy (non-hydrogen) atoms. The number of anilines is 1. The number of benzene rings is 2. The second-order valence-electron chi connectivity index (χ2n) is 8.53. The Morgan fingerprint density at radius 1 is 1.18 bits per heavy atom. The Bertz CT molecular complexity index is 1350. The molecule has 0 bridgehead atoms. The second kappa shape index (κ2) is 9.94. The number of nitriles is 1. The van der Waals surface area contributed by atoms with E-state index in [1.807, 2.05) is 30.3 Å². The molecular weight excluding hydrogens is 426 g/mol. The first-order chi connectivity index (χ1) is 16.6. The smallest absolute Gasteiger partial charge is 0.290 e. The predicted octanol–water partition coefficient (Wildman–Crippen LogP) is 4.78. The van der Waals surface area contributed by atoms with Crippen molar-refractivity contribution in [3.8, 4) is 17.2 Å². The average Bonchev–Trinajstić information content (AvgIpc) is 3.49. The number of pyridine rings is 1. The summed E-state index contributed by atoms with van der Waals surface area (Å²) in [5.41, 5.74) is 6.70. The summed E-state index contributed by atoms with van der Waals surface area (Å²) in [7, 11) is 4.30. The summed E-state index contributed by atoms with van der Waals surface area (Å²) in [5, 5.41) is 17.2. The van der Waals surface area contributed by atoms with Crippen molar-refractivity contribution in [2.24, 2.45) is 0 Å². The van der Waals surface area contributed by atoms with Crippen LogP contribution in [0.15, 0.2) is 54.6 Å². The Hall–Kier alpha value is -3.89. The molecule has 1 N–H and O–H groups in total. The van der Waals surface area contributed by atoms with E-state index in [-0.39, 0.29) is 6.47 Å². The van der Waals surface area contributed by atoms with Gasteiger partial charge in [-0.25, -0.2) is 4.98 Å². The van der Waals surface area contributed by atoms with Crippen molar-refractivity contribution in [1.29, 1.82) is 5.26 Å². The number of aromatic nitrogens is 2. The summed E-state index contributed by atoms with van der Waals surface area (Å²) in [5.74, 6) is 1.18. The highest BCUT2D eigenvalue weighted by Crippen LogP contribution is 2.41. The van der Waals surface area contributed by atoms with E-state index in [0.29, 0.717) is 11.7 Å². The highest BCUT2D eigenvalue weighted by atomic mass is 16.3. The number of carbonyl (C=O) groups is 1. The molecule has 174 valence electrons. The van der Waals surface area contributed by atoms with Gasteiger partial charge in [-0.3, -0.25) is 14.1 Å². The lowest BCUT2D eigenvalue weighted by Gasteiger charge is -2.34. The largest absolute Gasteiger partial charge is 0.483 e. The Morgan fingerprint density at radius 2 is 1.85 bits per heavy atom. The number of nitrogens with zero attached hydrogens (tertiary/aromatic N) is 5. The van der Waals surface area contributed by atoms with Crippen LogP contribution in [0.25, 0.3) is 27.8 Å². The van der Waals surface area contributed by atoms with Crippen molar-refractivity contribution in [1.82, 2.24) is 14.3 Å². The Labute approximate surface area is 199 Å². The fraction of sp³-hybridized carbons (Fsp3) is 0.296. The molecule has 7 nitrogen and oxygen atoms in total. The van der Waals surface area contributed by atoms with Gasteiger partial charge in [0.2, 0.25) is 0 Å². The molecule has 4 aromatic rings. The van der Waals surface area contributed by atoms with Gasteiger partial charge in [0.1, 0.15) is 17.5 Å². The molecular formula is C27H29N5O2. The van der Waals surface area contributed by atoms with Crippen molar-refractivity contribution in [3.63, 3.8) is 0 Å². The SMILES string of the molecule is CCc1c(-c2ccccc2)c(C#N)c2nc3ccccc3n2c1N1CCCC1N(C)C.O=CO. The van der Waals surface area contributed by atoms with Crippen molar-refractivity contribution < 1.29 is 9.90 Å². The summed E-state index contributed by atoms with van der Waals surface area (Å²) >= 11 is 0. The van der Waals surface area contributed by atoms with Gasteiger partial charge in [0.25, 0.3) is 6.47 Å². The molecule has 0 radical (unpaired) electrons. The maximum atomic E-state index is 10.3. The van der Waals surface area contributed by atoms with E-state index in [4.69, 9.17) is 14.9 Å². The second-order valence-corrected chi connectivity index (χ2v) is 8.53. The first-order valence-electron chi connectivity index (χ1n) is 11.5. The molecule has 1 aliphatic heterocycles. The lowest BCUT2D eigenvalue weighted by molar-refractivity contribution is -0.122. The van der Waals surface area contributed by atoms with E-state index in [2.05, 4.69) is 65.6 Å². The van der Waals surface area contributed by atoms with E-state index in [0.717, 1.165) is 53.6 Å². The number of imidazole rings is 1. The monoisotopic (exact) mass is 455 g/mol. The zero-order valence-electron chi connectivity index (χ0n) is 19.8. The minimum absolute atomic E-state index is 0.250. The first kappa shape index (κ1) is 23.3. The van der Waals surface area contributed by atoms with Gasteiger partial charge < -0.3 is 10.0 Å². The molecule has 2 aromatic carbocycles. The third-order valence-corrected chi connectivity index (χ3v) is 6.43. The third-order valence-electron chi connectivity index (χ3n) is 6.43. The summed E-state index contributed by atoms with van der Waals surface area (Å²) in [4.78, 5) is 18.1. The number of fused-ring (bicyclic) bond motifs is 3. The Morgan fingerprint density at radius 3 is 2.50 bits per heavy atom. The van der Waals surface area contributed by atoms with Crippen molar-refractivity contribution in [3.05, 3.63) is 65.7 Å². The fourth-order valence-corrected chi connectivity index (χ4v) is 5.12. The Balaban J connectivity index is 0.000000868. The lowest BCUT2D eigenvalue weighted by Crippen LogP contribution is -2.42. The summed E-state index contributed by atoms with van der Waals surface area (Å²) in [6, 6.07) is 21.0. The Kier molecular flexibility index (Phi) is 6.80. The molecule has 0 amide bonds. The maximum Gasteiger partial charge on any atom is 0.290 e. The summed E-state index contributed by atoms with van der Waals surface area (Å²) < 4.78 is 2.24. The molecule has 1 atom stereocenters. The molecule has 0 spiro atoms. The topological polar surface area (TPSA) is 84.9 Å². The third kappa shape index (κ3) is 3.87. The highest BCUT2D eigenvalue weighted by Gasteiger charge is 2.33. The molecule has 1 unspecified atom stereocenters. The predicted molar refractivity (Wildman–Crippen MR) is 135 cm³/mol. The van der Waals surface area contributed by atoms with Crippen molar-refractivity contribution >= 4 is 29.0 Å². The van der Waals surface area contributed by atoms with Crippen molar-refractivity contribution in [2.75, 3.05) is 25.5 Å². The first-order valence-corrected chi connectivity index (χ1v) is 11.5. The maximum absolute atomic E-state index is 10.3. The lowest BCUT2D eigenvalue weighted by atomic mass is 9.94. The fourth-order valence-electron chi connectivity index (χ4n) is 5.12. The van der Waals surface area contributed by atoms with Gasteiger partial charge in [0, 0.05) is 17.7 Å². The van der Waals surface area contributed by atoms with Gasteiger partial charge in [-0.05, 0) is 51.1 Å². The van der Waals surface area contributed by atoms with Crippen LogP contribution in [0.3, 0.4) is 0 Å². The van der Waals surface area contributed by atoms with Crippen LogP contribution < -0.4 is 4.90 Å². The van der Waals surface area contributed by atoms with E-state index in [9.17, 15) is 5.26 Å². The van der Waals surface area contributed by atoms with Gasteiger partial charge in [0.05, 0.1) is 17.2 Å². The van der Waals surface area contributed by atoms with Gasteiger partial charge in [-0.15, -0.1) is 0 Å². The van der Waals surface area contributed by atoms with Crippen LogP contribution in [-0.4, -0.2) is 52.7 Å². The van der Waals surface area contributed by atoms with E-state index < -0.39 is 0 Å². The van der Waals surface area contributed by atoms with Gasteiger partial charge in [-0.1, -0.05) is 49.4 Å². The van der Waals surface area contributed by atoms with Crippen LogP contribution >= 0.6 is 0 Å². The quantitative estimate of drug-likeness (QED) is 0.446. The number of para-hydroxylation sites is 2. The minimum Gasteiger partial charge on any atom is -0.483 e. The zero-order valence-corrected chi connectivity index (χ0v) is 19.8. The van der Waals surface area contributed by atoms with Crippen molar-refractivity contribution in [2.45, 2.75) is 32.4 Å². The van der Waals surface area contributed by atoms with E-state index >= 15 is 0 Å². The van der Waals surface area contributed by atoms with Gasteiger partial charge in [-0.2, -0.15) is 5.26 Å². The normalized spacial score (nSPS) is 15.4. The summed E-state index contributed by atoms with van der Waals surface area (Å²) in [6.07, 6.45) is 3.45. The van der Waals surface area contributed by atoms with Crippen LogP contribution in [0.5, 0.6) is 0 Å². The molecule has 3 heterocycles. The van der Waals surface area contributed by atoms with E-state index in [1.54, 1.807) is 0 Å². The number of hydrogen-bond acceptors (Lipinski definition) is 5. The summed E-state index contributed by atoms with van der Waals surface area (Å²) in [6.45, 7) is 2.94. The van der Waals surface area contributed by atoms with Crippen LogP contribution in [0.1, 0.15) is 30.9 Å². The van der Waals surface area contributed by atoms with Gasteiger partial charge in [0.15, 0.2) is 5.65 Å². The van der Waals surface area contributed by atoms with Crippen LogP contribution in [-0.2, 0) is 11.2 Å². The van der Waals surface area contributed by atoms with Crippen LogP contribution in [0.4, 0.5) is 5.82 Å². The molecule has 0 saturated carbocycles. The zero-order chi connectivity index (χ0) is 24.2. The molecule has 1 saturated heterocycles. The van der Waals surface area contributed by atoms with E-state index in [1.165, 1.54) is 11.4 Å². The number of rotatable bonds is 4. The minimum atomic E-state index is -0.250. The molecule has 1 aliphatic rings. The molecule has 0 aliphatic carbocycles. The standard InChI is InChI=1S/C26H27N5.CH2O2/c1-4-19-24(18-11-6-5-7-12-18)20(17-27)25-28-21-13-8-9-14-22(21)31(25)26(19)30-16-10-15-23(30)29(2)3;2-1-3/h5-9,11-14,23H,4,10,15-16H2,1-3H3;1H,(H,2,3). The molecule has 7 heteroatoms. The molecule has 2 aromatic heterocycles. The molecule has 1 fully saturated rings. The van der Waals surface area contributed by atoms with Gasteiger partial charge >= 0.3 is 0 Å².